The zero-order valence-corrected chi connectivity index (χ0v) is 20.9. The molecule has 5 nitrogen and oxygen atoms in total. The van der Waals surface area contributed by atoms with Gasteiger partial charge in [-0.05, 0) is 102 Å². The Morgan fingerprint density at radius 2 is 1.63 bits per heavy atom. The number of esters is 1. The Labute approximate surface area is 208 Å². The van der Waals surface area contributed by atoms with Gasteiger partial charge < -0.3 is 18.9 Å². The van der Waals surface area contributed by atoms with Gasteiger partial charge >= 0.3 is 5.97 Å². The lowest BCUT2D eigenvalue weighted by Gasteiger charge is -2.24. The van der Waals surface area contributed by atoms with E-state index >= 15 is 0 Å². The number of aryl methyl sites for hydroxylation is 4. The first kappa shape index (κ1) is 24.8. The van der Waals surface area contributed by atoms with Gasteiger partial charge in [-0.1, -0.05) is 24.3 Å². The maximum Gasteiger partial charge on any atom is 0.305 e. The molecule has 1 aliphatic rings. The minimum Gasteiger partial charge on any atom is -0.491 e. The summed E-state index contributed by atoms with van der Waals surface area (Å²) in [4.78, 5) is 11.3. The van der Waals surface area contributed by atoms with Gasteiger partial charge in [-0.25, -0.2) is 0 Å². The van der Waals surface area contributed by atoms with Crippen LogP contribution in [-0.4, -0.2) is 32.9 Å². The van der Waals surface area contributed by atoms with E-state index in [1.54, 1.807) is 0 Å². The summed E-state index contributed by atoms with van der Waals surface area (Å²) in [5, 5.41) is 0. The van der Waals surface area contributed by atoms with Gasteiger partial charge in [0.2, 0.25) is 0 Å². The minimum absolute atomic E-state index is 0.195. The highest BCUT2D eigenvalue weighted by Crippen LogP contribution is 2.39. The van der Waals surface area contributed by atoms with Crippen LogP contribution < -0.4 is 9.47 Å². The summed E-state index contributed by atoms with van der Waals surface area (Å²) in [5.41, 5.74) is 8.79. The van der Waals surface area contributed by atoms with Crippen molar-refractivity contribution < 1.29 is 23.7 Å². The first-order valence-electron chi connectivity index (χ1n) is 12.3. The van der Waals surface area contributed by atoms with Crippen molar-refractivity contribution in [2.45, 2.75) is 46.1 Å². The van der Waals surface area contributed by atoms with Gasteiger partial charge in [-0.2, -0.15) is 0 Å². The summed E-state index contributed by atoms with van der Waals surface area (Å²) in [6.07, 6.45) is 3.09. The van der Waals surface area contributed by atoms with Gasteiger partial charge in [0.1, 0.15) is 24.7 Å². The van der Waals surface area contributed by atoms with Crippen LogP contribution in [0.5, 0.6) is 11.5 Å². The van der Waals surface area contributed by atoms with Crippen LogP contribution in [0.1, 0.15) is 41.2 Å². The molecule has 184 valence electrons. The highest BCUT2D eigenvalue weighted by atomic mass is 16.5. The number of methoxy groups -OCH3 is 1. The zero-order valence-electron chi connectivity index (χ0n) is 20.9. The second-order valence-corrected chi connectivity index (χ2v) is 8.82. The Morgan fingerprint density at radius 1 is 0.857 bits per heavy atom. The standard InChI is InChI=1S/C30H34O5/c1-4-33-15-16-34-27-17-21(2)30-25(19-27)11-10-24-9-5-23(18-28(24)30)20-35-26-12-6-22(7-13-26)8-14-29(31)32-3/h5-7,9,12-13,17-19H,4,8,10-11,14-16,20H2,1-3H3. The number of carbonyl (C=O) groups excluding carboxylic acids is 1. The first-order chi connectivity index (χ1) is 17.1. The fourth-order valence-corrected chi connectivity index (χ4v) is 4.55. The molecule has 0 spiro atoms. The van der Waals surface area contributed by atoms with Crippen molar-refractivity contribution in [3.8, 4) is 22.6 Å². The van der Waals surface area contributed by atoms with E-state index in [-0.39, 0.29) is 5.97 Å². The molecule has 0 amide bonds. The van der Waals surface area contributed by atoms with E-state index in [4.69, 9.17) is 18.9 Å². The van der Waals surface area contributed by atoms with Crippen LogP contribution in [0.15, 0.2) is 54.6 Å². The average Bonchev–Trinajstić information content (AvgIpc) is 2.88. The lowest BCUT2D eigenvalue weighted by atomic mass is 9.82. The number of hydrogen-bond acceptors (Lipinski definition) is 5. The van der Waals surface area contributed by atoms with Gasteiger partial charge in [0.25, 0.3) is 0 Å². The normalized spacial score (nSPS) is 12.0. The monoisotopic (exact) mass is 474 g/mol. The highest BCUT2D eigenvalue weighted by molar-refractivity contribution is 5.77. The Kier molecular flexibility index (Phi) is 8.43. The number of benzene rings is 3. The lowest BCUT2D eigenvalue weighted by molar-refractivity contribution is -0.140. The van der Waals surface area contributed by atoms with Crippen molar-refractivity contribution in [1.82, 2.24) is 0 Å². The molecule has 0 saturated carbocycles. The highest BCUT2D eigenvalue weighted by Gasteiger charge is 2.20. The summed E-state index contributed by atoms with van der Waals surface area (Å²) >= 11 is 0. The molecule has 0 aliphatic heterocycles. The first-order valence-corrected chi connectivity index (χ1v) is 12.3. The van der Waals surface area contributed by atoms with Crippen molar-refractivity contribution in [2.24, 2.45) is 0 Å². The molecule has 3 aromatic carbocycles. The molecular weight excluding hydrogens is 440 g/mol. The molecular formula is C30H34O5. The van der Waals surface area contributed by atoms with Crippen LogP contribution in [0.3, 0.4) is 0 Å². The lowest BCUT2D eigenvalue weighted by Crippen LogP contribution is -2.09. The van der Waals surface area contributed by atoms with E-state index in [9.17, 15) is 4.79 Å². The van der Waals surface area contributed by atoms with Gasteiger partial charge in [0.15, 0.2) is 0 Å². The van der Waals surface area contributed by atoms with Crippen molar-refractivity contribution in [1.29, 1.82) is 0 Å². The van der Waals surface area contributed by atoms with Crippen molar-refractivity contribution in [3.63, 3.8) is 0 Å². The summed E-state index contributed by atoms with van der Waals surface area (Å²) in [7, 11) is 1.41. The molecule has 0 N–H and O–H groups in total. The maximum absolute atomic E-state index is 11.3. The predicted octanol–water partition coefficient (Wildman–Crippen LogP) is 5.86. The van der Waals surface area contributed by atoms with Crippen LogP contribution in [0, 0.1) is 6.92 Å². The third-order valence-electron chi connectivity index (χ3n) is 6.37. The molecule has 0 atom stereocenters. The van der Waals surface area contributed by atoms with Crippen molar-refractivity contribution in [2.75, 3.05) is 26.9 Å². The molecule has 4 rings (SSSR count). The van der Waals surface area contributed by atoms with Crippen molar-refractivity contribution >= 4 is 5.97 Å². The third-order valence-corrected chi connectivity index (χ3v) is 6.37. The fraction of sp³-hybridized carbons (Fsp3) is 0.367. The second kappa shape index (κ2) is 11.9. The molecule has 3 aromatic rings. The van der Waals surface area contributed by atoms with Crippen LogP contribution in [0.2, 0.25) is 0 Å². The van der Waals surface area contributed by atoms with E-state index in [2.05, 4.69) is 37.3 Å². The Bertz CT molecular complexity index is 1150. The zero-order chi connectivity index (χ0) is 24.6. The van der Waals surface area contributed by atoms with Gasteiger partial charge in [-0.15, -0.1) is 0 Å². The molecule has 0 fully saturated rings. The molecule has 5 heteroatoms. The van der Waals surface area contributed by atoms with E-state index in [0.29, 0.717) is 39.3 Å². The Morgan fingerprint density at radius 3 is 2.40 bits per heavy atom. The van der Waals surface area contributed by atoms with Gasteiger partial charge in [0.05, 0.1) is 13.7 Å². The largest absolute Gasteiger partial charge is 0.491 e. The predicted molar refractivity (Wildman–Crippen MR) is 137 cm³/mol. The summed E-state index contributed by atoms with van der Waals surface area (Å²) in [5.74, 6) is 1.54. The molecule has 0 heterocycles. The smallest absolute Gasteiger partial charge is 0.305 e. The average molecular weight is 475 g/mol. The SMILES string of the molecule is CCOCCOc1cc(C)c2c(c1)CCc1ccc(COc3ccc(CCC(=O)OC)cc3)cc1-2. The molecule has 0 bridgehead atoms. The number of carbonyl (C=O) groups is 1. The summed E-state index contributed by atoms with van der Waals surface area (Å²) in [6, 6.07) is 18.9. The molecule has 35 heavy (non-hydrogen) atoms. The fourth-order valence-electron chi connectivity index (χ4n) is 4.55. The quantitative estimate of drug-likeness (QED) is 0.257. The number of fused-ring (bicyclic) bond motifs is 3. The van der Waals surface area contributed by atoms with Crippen LogP contribution in [-0.2, 0) is 40.1 Å². The molecule has 0 aromatic heterocycles. The molecule has 0 unspecified atom stereocenters. The molecule has 0 radical (unpaired) electrons. The van der Waals surface area contributed by atoms with E-state index < -0.39 is 0 Å². The van der Waals surface area contributed by atoms with Crippen molar-refractivity contribution in [3.05, 3.63) is 82.4 Å². The second-order valence-electron chi connectivity index (χ2n) is 8.82. The Hall–Kier alpha value is -3.31. The number of rotatable bonds is 11. The van der Waals surface area contributed by atoms with Crippen LogP contribution in [0.4, 0.5) is 0 Å². The van der Waals surface area contributed by atoms with Gasteiger partial charge in [-0.3, -0.25) is 4.79 Å². The molecule has 1 aliphatic carbocycles. The minimum atomic E-state index is -0.195. The number of ether oxygens (including phenoxy) is 4. The van der Waals surface area contributed by atoms with E-state index in [1.165, 1.54) is 34.9 Å². The number of hydrogen-bond donors (Lipinski definition) is 0. The topological polar surface area (TPSA) is 54.0 Å². The summed E-state index contributed by atoms with van der Waals surface area (Å²) in [6.45, 7) is 6.53. The van der Waals surface area contributed by atoms with Crippen LogP contribution in [0.25, 0.3) is 11.1 Å². The van der Waals surface area contributed by atoms with E-state index in [0.717, 1.165) is 35.5 Å². The van der Waals surface area contributed by atoms with Gasteiger partial charge in [0, 0.05) is 13.0 Å². The Balaban J connectivity index is 1.43. The summed E-state index contributed by atoms with van der Waals surface area (Å²) < 4.78 is 22.1. The van der Waals surface area contributed by atoms with Crippen LogP contribution >= 0.6 is 0 Å². The molecule has 0 saturated heterocycles. The maximum atomic E-state index is 11.3. The van der Waals surface area contributed by atoms with E-state index in [1.807, 2.05) is 31.2 Å². The third kappa shape index (κ3) is 6.43.